The fourth-order valence-corrected chi connectivity index (χ4v) is 8.94. The Morgan fingerprint density at radius 2 is 0.826 bits per heavy atom. The number of carbonyl (C=O) groups excluding carboxylic acids is 3. The zero-order valence-corrected chi connectivity index (χ0v) is 44.6. The van der Waals surface area contributed by atoms with E-state index in [0.717, 1.165) is 42.9 Å². The molecule has 10 heteroatoms. The summed E-state index contributed by atoms with van der Waals surface area (Å²) in [5.41, 5.74) is 1.60. The van der Waals surface area contributed by atoms with Gasteiger partial charge in [0, 0.05) is 38.3 Å². The lowest BCUT2D eigenvalue weighted by Crippen LogP contribution is -2.29. The van der Waals surface area contributed by atoms with E-state index >= 15 is 0 Å². The maximum atomic E-state index is 12.3. The predicted molar refractivity (Wildman–Crippen MR) is 286 cm³/mol. The SMILES string of the molecule is CCCCCCCCCCCCCCCCCCOC[C@H](COCCOCCOCCNC(=O)CCCc1ccc(N2C(=O)C=CC2=O)cc1)OCCCCCCCCCCCCCCCCCC. The van der Waals surface area contributed by atoms with Crippen molar-refractivity contribution in [3.63, 3.8) is 0 Å². The van der Waals surface area contributed by atoms with E-state index in [1.807, 2.05) is 12.1 Å². The number of hydrogen-bond donors (Lipinski definition) is 1. The molecule has 0 saturated carbocycles. The number of imide groups is 1. The maximum Gasteiger partial charge on any atom is 0.258 e. The molecule has 3 amide bonds. The van der Waals surface area contributed by atoms with Crippen molar-refractivity contribution in [2.45, 2.75) is 245 Å². The number of carbonyl (C=O) groups is 3. The summed E-state index contributed by atoms with van der Waals surface area (Å²) < 4.78 is 29.8. The minimum Gasteiger partial charge on any atom is -0.379 e. The average molecular weight is 969 g/mol. The lowest BCUT2D eigenvalue weighted by Gasteiger charge is -2.18. The van der Waals surface area contributed by atoms with Gasteiger partial charge in [-0.25, -0.2) is 4.90 Å². The quantitative estimate of drug-likeness (QED) is 0.0507. The lowest BCUT2D eigenvalue weighted by atomic mass is 10.0. The van der Waals surface area contributed by atoms with Crippen LogP contribution in [0.5, 0.6) is 0 Å². The van der Waals surface area contributed by atoms with Crippen LogP contribution in [-0.2, 0) is 44.5 Å². The van der Waals surface area contributed by atoms with Gasteiger partial charge in [0.25, 0.3) is 11.8 Å². The van der Waals surface area contributed by atoms with Crippen LogP contribution in [0.1, 0.15) is 238 Å². The van der Waals surface area contributed by atoms with Crippen molar-refractivity contribution in [1.29, 1.82) is 0 Å². The molecule has 2 rings (SSSR count). The molecule has 1 aliphatic heterocycles. The smallest absolute Gasteiger partial charge is 0.258 e. The highest BCUT2D eigenvalue weighted by Gasteiger charge is 2.24. The first-order valence-electron chi connectivity index (χ1n) is 28.9. The zero-order chi connectivity index (χ0) is 49.3. The summed E-state index contributed by atoms with van der Waals surface area (Å²) in [7, 11) is 0. The van der Waals surface area contributed by atoms with Crippen molar-refractivity contribution in [3.05, 3.63) is 42.0 Å². The minimum absolute atomic E-state index is 0.0131. The second kappa shape index (κ2) is 47.7. The molecule has 1 heterocycles. The van der Waals surface area contributed by atoms with Gasteiger partial charge in [-0.2, -0.15) is 0 Å². The van der Waals surface area contributed by atoms with Crippen LogP contribution in [0.15, 0.2) is 36.4 Å². The normalized spacial score (nSPS) is 13.0. The molecule has 0 unspecified atom stereocenters. The van der Waals surface area contributed by atoms with Crippen LogP contribution in [0.4, 0.5) is 5.69 Å². The van der Waals surface area contributed by atoms with Crippen LogP contribution in [0, 0.1) is 0 Å². The molecule has 0 aromatic heterocycles. The largest absolute Gasteiger partial charge is 0.379 e. The molecule has 1 N–H and O–H groups in total. The molecule has 398 valence electrons. The summed E-state index contributed by atoms with van der Waals surface area (Å²) in [6.45, 7) is 9.97. The number of anilines is 1. The fraction of sp³-hybridized carbons (Fsp3) is 0.814. The summed E-state index contributed by atoms with van der Waals surface area (Å²) in [6, 6.07) is 7.31. The highest BCUT2D eigenvalue weighted by molar-refractivity contribution is 6.28. The van der Waals surface area contributed by atoms with Crippen molar-refractivity contribution in [2.24, 2.45) is 0 Å². The van der Waals surface area contributed by atoms with E-state index in [-0.39, 0.29) is 23.8 Å². The molecule has 0 radical (unpaired) electrons. The van der Waals surface area contributed by atoms with Crippen molar-refractivity contribution in [2.75, 3.05) is 70.9 Å². The van der Waals surface area contributed by atoms with Gasteiger partial charge in [-0.3, -0.25) is 14.4 Å². The van der Waals surface area contributed by atoms with Crippen LogP contribution >= 0.6 is 0 Å². The van der Waals surface area contributed by atoms with Gasteiger partial charge in [0.2, 0.25) is 5.91 Å². The Bertz CT molecular complexity index is 1340. The van der Waals surface area contributed by atoms with Crippen LogP contribution in [0.2, 0.25) is 0 Å². The van der Waals surface area contributed by atoms with E-state index in [2.05, 4.69) is 19.2 Å². The minimum atomic E-state index is -0.331. The number of aryl methyl sites for hydroxylation is 1. The van der Waals surface area contributed by atoms with E-state index in [0.29, 0.717) is 71.3 Å². The van der Waals surface area contributed by atoms with Crippen LogP contribution in [-0.4, -0.2) is 89.8 Å². The van der Waals surface area contributed by atoms with Gasteiger partial charge in [0.05, 0.1) is 51.9 Å². The topological polar surface area (TPSA) is 113 Å². The number of hydrogen-bond acceptors (Lipinski definition) is 8. The Kier molecular flexibility index (Phi) is 43.2. The van der Waals surface area contributed by atoms with Gasteiger partial charge in [-0.15, -0.1) is 0 Å². The molecule has 10 nitrogen and oxygen atoms in total. The van der Waals surface area contributed by atoms with E-state index in [9.17, 15) is 14.4 Å². The van der Waals surface area contributed by atoms with E-state index in [1.54, 1.807) is 12.1 Å². The van der Waals surface area contributed by atoms with Crippen molar-refractivity contribution in [3.8, 4) is 0 Å². The Morgan fingerprint density at radius 1 is 0.449 bits per heavy atom. The van der Waals surface area contributed by atoms with E-state index in [4.69, 9.17) is 23.7 Å². The Balaban J connectivity index is 1.48. The van der Waals surface area contributed by atoms with Gasteiger partial charge < -0.3 is 29.0 Å². The molecule has 0 saturated heterocycles. The lowest BCUT2D eigenvalue weighted by molar-refractivity contribution is -0.122. The Hall–Kier alpha value is -2.63. The molecule has 1 aromatic rings. The molecule has 0 fully saturated rings. The number of unbranched alkanes of at least 4 members (excludes halogenated alkanes) is 30. The van der Waals surface area contributed by atoms with E-state index < -0.39 is 0 Å². The van der Waals surface area contributed by atoms with Crippen LogP contribution in [0.25, 0.3) is 0 Å². The van der Waals surface area contributed by atoms with Crippen molar-refractivity contribution < 1.29 is 38.1 Å². The summed E-state index contributed by atoms with van der Waals surface area (Å²) in [4.78, 5) is 37.2. The molecule has 0 aliphatic carbocycles. The average Bonchev–Trinajstić information content (AvgIpc) is 3.70. The summed E-state index contributed by atoms with van der Waals surface area (Å²) in [5.74, 6) is -0.674. The third kappa shape index (κ3) is 37.8. The predicted octanol–water partition coefficient (Wildman–Crippen LogP) is 14.5. The molecular formula is C59H104N2O8. The molecule has 0 bridgehead atoms. The molecule has 69 heavy (non-hydrogen) atoms. The maximum absolute atomic E-state index is 12.3. The molecular weight excluding hydrogens is 865 g/mol. The van der Waals surface area contributed by atoms with Gasteiger partial charge in [-0.1, -0.05) is 219 Å². The third-order valence-electron chi connectivity index (χ3n) is 13.3. The molecule has 1 atom stereocenters. The first kappa shape index (κ1) is 62.5. The molecule has 0 spiro atoms. The van der Waals surface area contributed by atoms with Gasteiger partial charge in [0.15, 0.2) is 0 Å². The van der Waals surface area contributed by atoms with Gasteiger partial charge in [-0.05, 0) is 43.4 Å². The Morgan fingerprint density at radius 3 is 1.28 bits per heavy atom. The zero-order valence-electron chi connectivity index (χ0n) is 44.6. The number of nitrogens with one attached hydrogen (secondary N) is 1. The highest BCUT2D eigenvalue weighted by atomic mass is 16.6. The standard InChI is InChI=1S/C59H104N2O8/c1-3-5-7-9-11-13-15-17-19-21-23-25-27-29-31-33-45-67-52-56(69-46-34-32-30-28-26-24-22-20-18-16-14-12-10-8-6-4-2)53-68-51-50-66-49-48-65-47-44-60-57(62)37-35-36-54-38-40-55(41-39-54)61-58(63)42-43-59(61)64/h38-43,56H,3-37,44-53H2,1-2H3,(H,60,62)/t56-/m1/s1. The molecule has 1 aromatic carbocycles. The second-order valence-electron chi connectivity index (χ2n) is 19.7. The highest BCUT2D eigenvalue weighted by Crippen LogP contribution is 2.21. The number of rotatable bonds is 53. The van der Waals surface area contributed by atoms with Gasteiger partial charge in [0.1, 0.15) is 6.10 Å². The summed E-state index contributed by atoms with van der Waals surface area (Å²) in [6.07, 6.45) is 48.1. The fourth-order valence-electron chi connectivity index (χ4n) is 8.94. The number of benzene rings is 1. The third-order valence-corrected chi connectivity index (χ3v) is 13.3. The molecule has 1 aliphatic rings. The number of nitrogens with zero attached hydrogens (tertiary/aromatic N) is 1. The number of ether oxygens (including phenoxy) is 5. The summed E-state index contributed by atoms with van der Waals surface area (Å²) in [5, 5.41) is 2.91. The van der Waals surface area contributed by atoms with Crippen molar-refractivity contribution >= 4 is 23.4 Å². The van der Waals surface area contributed by atoms with Crippen LogP contribution in [0.3, 0.4) is 0 Å². The first-order valence-corrected chi connectivity index (χ1v) is 28.9. The first-order chi connectivity index (χ1) is 34.0. The second-order valence-corrected chi connectivity index (χ2v) is 19.7. The Labute approximate surface area is 422 Å². The van der Waals surface area contributed by atoms with Crippen LogP contribution < -0.4 is 10.2 Å². The monoisotopic (exact) mass is 969 g/mol. The van der Waals surface area contributed by atoms with Crippen molar-refractivity contribution in [1.82, 2.24) is 5.32 Å². The summed E-state index contributed by atoms with van der Waals surface area (Å²) >= 11 is 0. The number of amides is 3. The van der Waals surface area contributed by atoms with Gasteiger partial charge >= 0.3 is 0 Å². The van der Waals surface area contributed by atoms with E-state index in [1.165, 1.54) is 205 Å².